The molecular weight excluding hydrogens is 243 g/mol. The highest BCUT2D eigenvalue weighted by Crippen LogP contribution is 2.16. The second-order valence-electron chi connectivity index (χ2n) is 4.15. The minimum Gasteiger partial charge on any atom is -0.343 e. The van der Waals surface area contributed by atoms with E-state index in [1.54, 1.807) is 17.0 Å². The van der Waals surface area contributed by atoms with Crippen LogP contribution < -0.4 is 0 Å². The van der Waals surface area contributed by atoms with Gasteiger partial charge in [0, 0.05) is 43.3 Å². The van der Waals surface area contributed by atoms with Gasteiger partial charge in [-0.15, -0.1) is 0 Å². The lowest BCUT2D eigenvalue weighted by molar-refractivity contribution is -0.119. The maximum atomic E-state index is 13.6. The van der Waals surface area contributed by atoms with Crippen molar-refractivity contribution in [3.05, 3.63) is 34.6 Å². The summed E-state index contributed by atoms with van der Waals surface area (Å²) >= 11 is 5.70. The van der Waals surface area contributed by atoms with Crippen LogP contribution in [-0.4, -0.2) is 42.4 Å². The van der Waals surface area contributed by atoms with Crippen molar-refractivity contribution in [2.24, 2.45) is 0 Å². The first-order valence-electron chi connectivity index (χ1n) is 5.54. The van der Waals surface area contributed by atoms with Gasteiger partial charge in [0.25, 0.3) is 0 Å². The topological polar surface area (TPSA) is 23.6 Å². The molecule has 1 aliphatic heterocycles. The van der Waals surface area contributed by atoms with Crippen LogP contribution in [0.5, 0.6) is 0 Å². The summed E-state index contributed by atoms with van der Waals surface area (Å²) in [5.41, 5.74) is 0.647. The number of nitrogens with zero attached hydrogens (tertiary/aromatic N) is 2. The minimum absolute atomic E-state index is 0.268. The Labute approximate surface area is 105 Å². The summed E-state index contributed by atoms with van der Waals surface area (Å²) in [6.07, 6.45) is 0.861. The van der Waals surface area contributed by atoms with E-state index in [0.717, 1.165) is 19.5 Å². The van der Waals surface area contributed by atoms with Gasteiger partial charge in [0.05, 0.1) is 0 Å². The average Bonchev–Trinajstić information content (AvgIpc) is 2.34. The van der Waals surface area contributed by atoms with E-state index in [9.17, 15) is 9.18 Å². The fourth-order valence-electron chi connectivity index (χ4n) is 1.92. The second-order valence-corrected chi connectivity index (χ2v) is 4.59. The van der Waals surface area contributed by atoms with Gasteiger partial charge in [-0.25, -0.2) is 4.39 Å². The summed E-state index contributed by atoms with van der Waals surface area (Å²) in [5.74, 6) is -0.268. The van der Waals surface area contributed by atoms with Crippen molar-refractivity contribution in [2.45, 2.75) is 6.54 Å². The molecule has 1 aliphatic rings. The van der Waals surface area contributed by atoms with E-state index in [2.05, 4.69) is 4.90 Å². The summed E-state index contributed by atoms with van der Waals surface area (Å²) in [6, 6.07) is 4.74. The molecule has 0 saturated carbocycles. The van der Waals surface area contributed by atoms with Gasteiger partial charge in [-0.2, -0.15) is 0 Å². The molecule has 1 saturated heterocycles. The quantitative estimate of drug-likeness (QED) is 0.770. The fraction of sp³-hybridized carbons (Fsp3) is 0.417. The van der Waals surface area contributed by atoms with E-state index < -0.39 is 0 Å². The third-order valence-electron chi connectivity index (χ3n) is 2.97. The molecular formula is C12H14ClFN2O. The Morgan fingerprint density at radius 3 is 2.59 bits per heavy atom. The molecule has 0 spiro atoms. The molecule has 17 heavy (non-hydrogen) atoms. The number of carbonyl (C=O) groups is 1. The Bertz CT molecular complexity index is 405. The van der Waals surface area contributed by atoms with Crippen molar-refractivity contribution >= 4 is 18.0 Å². The first-order valence-corrected chi connectivity index (χ1v) is 5.92. The maximum Gasteiger partial charge on any atom is 0.209 e. The molecule has 0 bridgehead atoms. The van der Waals surface area contributed by atoms with Crippen molar-refractivity contribution in [3.63, 3.8) is 0 Å². The summed E-state index contributed by atoms with van der Waals surface area (Å²) in [5, 5.41) is 0.414. The van der Waals surface area contributed by atoms with Crippen LogP contribution in [0.25, 0.3) is 0 Å². The lowest BCUT2D eigenvalue weighted by Gasteiger charge is -2.32. The predicted molar refractivity (Wildman–Crippen MR) is 64.3 cm³/mol. The standard InChI is InChI=1S/C12H14ClFN2O/c13-11-2-1-10(12(14)7-11)8-15-3-5-16(9-17)6-4-15/h1-2,7,9H,3-6,8H2. The maximum absolute atomic E-state index is 13.6. The van der Waals surface area contributed by atoms with Crippen LogP contribution >= 0.6 is 11.6 Å². The first-order chi connectivity index (χ1) is 8.19. The molecule has 0 aliphatic carbocycles. The molecule has 2 rings (SSSR count). The lowest BCUT2D eigenvalue weighted by Crippen LogP contribution is -2.45. The molecule has 0 unspecified atom stereocenters. The van der Waals surface area contributed by atoms with Gasteiger partial charge < -0.3 is 4.90 Å². The molecule has 0 radical (unpaired) electrons. The van der Waals surface area contributed by atoms with Crippen LogP contribution in [-0.2, 0) is 11.3 Å². The highest BCUT2D eigenvalue weighted by molar-refractivity contribution is 6.30. The van der Waals surface area contributed by atoms with Crippen molar-refractivity contribution in [1.29, 1.82) is 0 Å². The Morgan fingerprint density at radius 2 is 2.00 bits per heavy atom. The molecule has 0 aromatic heterocycles. The molecule has 1 fully saturated rings. The van der Waals surface area contributed by atoms with Crippen LogP contribution in [0.2, 0.25) is 5.02 Å². The van der Waals surface area contributed by atoms with Gasteiger partial charge in [-0.05, 0) is 12.1 Å². The van der Waals surface area contributed by atoms with E-state index >= 15 is 0 Å². The van der Waals surface area contributed by atoms with Crippen molar-refractivity contribution in [3.8, 4) is 0 Å². The van der Waals surface area contributed by atoms with E-state index in [1.807, 2.05) is 0 Å². The zero-order chi connectivity index (χ0) is 12.3. The number of hydrogen-bond donors (Lipinski definition) is 0. The van der Waals surface area contributed by atoms with Crippen LogP contribution in [0.1, 0.15) is 5.56 Å². The van der Waals surface area contributed by atoms with Crippen molar-refractivity contribution in [1.82, 2.24) is 9.80 Å². The number of hydrogen-bond acceptors (Lipinski definition) is 2. The van der Waals surface area contributed by atoms with Crippen LogP contribution in [0.15, 0.2) is 18.2 Å². The van der Waals surface area contributed by atoms with Crippen LogP contribution in [0, 0.1) is 5.82 Å². The third-order valence-corrected chi connectivity index (χ3v) is 3.20. The molecule has 1 heterocycles. The Hall–Kier alpha value is -1.13. The van der Waals surface area contributed by atoms with Gasteiger partial charge in [0.15, 0.2) is 0 Å². The summed E-state index contributed by atoms with van der Waals surface area (Å²) in [7, 11) is 0. The lowest BCUT2D eigenvalue weighted by atomic mass is 10.2. The van der Waals surface area contributed by atoms with E-state index in [1.165, 1.54) is 6.07 Å². The van der Waals surface area contributed by atoms with E-state index in [-0.39, 0.29) is 5.82 Å². The number of amides is 1. The number of halogens is 2. The van der Waals surface area contributed by atoms with Gasteiger partial charge in [-0.1, -0.05) is 17.7 Å². The third kappa shape index (κ3) is 3.17. The minimum atomic E-state index is -0.268. The normalized spacial score (nSPS) is 17.2. The Kier molecular flexibility index (Phi) is 3.97. The van der Waals surface area contributed by atoms with Gasteiger partial charge in [0.1, 0.15) is 5.82 Å². The number of rotatable bonds is 3. The monoisotopic (exact) mass is 256 g/mol. The Morgan fingerprint density at radius 1 is 1.29 bits per heavy atom. The van der Waals surface area contributed by atoms with E-state index in [0.29, 0.717) is 30.2 Å². The first kappa shape index (κ1) is 12.3. The zero-order valence-corrected chi connectivity index (χ0v) is 10.2. The number of piperazine rings is 1. The average molecular weight is 257 g/mol. The molecule has 0 N–H and O–H groups in total. The molecule has 1 amide bonds. The molecule has 0 atom stereocenters. The summed E-state index contributed by atoms with van der Waals surface area (Å²) < 4.78 is 13.6. The highest BCUT2D eigenvalue weighted by atomic mass is 35.5. The van der Waals surface area contributed by atoms with Gasteiger partial charge in [0.2, 0.25) is 6.41 Å². The SMILES string of the molecule is O=CN1CCN(Cc2ccc(Cl)cc2F)CC1. The summed E-state index contributed by atoms with van der Waals surface area (Å²) in [4.78, 5) is 14.4. The molecule has 5 heteroatoms. The molecule has 3 nitrogen and oxygen atoms in total. The van der Waals surface area contributed by atoms with Crippen LogP contribution in [0.4, 0.5) is 4.39 Å². The van der Waals surface area contributed by atoms with Gasteiger partial charge >= 0.3 is 0 Å². The second kappa shape index (κ2) is 5.47. The van der Waals surface area contributed by atoms with E-state index in [4.69, 9.17) is 11.6 Å². The largest absolute Gasteiger partial charge is 0.343 e. The smallest absolute Gasteiger partial charge is 0.209 e. The number of benzene rings is 1. The van der Waals surface area contributed by atoms with Crippen molar-refractivity contribution in [2.75, 3.05) is 26.2 Å². The van der Waals surface area contributed by atoms with Gasteiger partial charge in [-0.3, -0.25) is 9.69 Å². The molecule has 1 aromatic carbocycles. The molecule has 92 valence electrons. The Balaban J connectivity index is 1.95. The fourth-order valence-corrected chi connectivity index (χ4v) is 2.08. The van der Waals surface area contributed by atoms with Crippen LogP contribution in [0.3, 0.4) is 0 Å². The van der Waals surface area contributed by atoms with Crippen molar-refractivity contribution < 1.29 is 9.18 Å². The predicted octanol–water partition coefficient (Wildman–Crippen LogP) is 1.75. The highest BCUT2D eigenvalue weighted by Gasteiger charge is 2.16. The number of carbonyl (C=O) groups excluding carboxylic acids is 1. The zero-order valence-electron chi connectivity index (χ0n) is 9.40. The summed E-state index contributed by atoms with van der Waals surface area (Å²) in [6.45, 7) is 3.54. The molecule has 1 aromatic rings.